The number of nitrogens with one attached hydrogen (secondary N) is 1. The van der Waals surface area contributed by atoms with Crippen LogP contribution in [0.25, 0.3) is 0 Å². The SMILES string of the molecule is COc1ccc(C(=O)NCCN(C(C)=O)c2ccc(F)c(F)c2F)cc1OC. The number of hydrogen-bond acceptors (Lipinski definition) is 4. The summed E-state index contributed by atoms with van der Waals surface area (Å²) in [7, 11) is 2.89. The van der Waals surface area contributed by atoms with Crippen molar-refractivity contribution in [1.29, 1.82) is 0 Å². The average molecular weight is 396 g/mol. The van der Waals surface area contributed by atoms with Crippen molar-refractivity contribution in [3.05, 3.63) is 53.3 Å². The molecule has 2 rings (SSSR count). The van der Waals surface area contributed by atoms with Gasteiger partial charge in [-0.2, -0.15) is 0 Å². The molecule has 0 spiro atoms. The summed E-state index contributed by atoms with van der Waals surface area (Å²) in [6.07, 6.45) is 0. The van der Waals surface area contributed by atoms with Gasteiger partial charge in [-0.1, -0.05) is 0 Å². The molecule has 0 unspecified atom stereocenters. The number of hydrogen-bond donors (Lipinski definition) is 1. The number of carbonyl (C=O) groups is 2. The highest BCUT2D eigenvalue weighted by atomic mass is 19.2. The first-order chi connectivity index (χ1) is 13.3. The highest BCUT2D eigenvalue weighted by Gasteiger charge is 2.21. The highest BCUT2D eigenvalue weighted by molar-refractivity contribution is 5.95. The summed E-state index contributed by atoms with van der Waals surface area (Å²) in [6.45, 7) is 0.957. The van der Waals surface area contributed by atoms with E-state index in [1.165, 1.54) is 26.4 Å². The summed E-state index contributed by atoms with van der Waals surface area (Å²) >= 11 is 0. The first-order valence-electron chi connectivity index (χ1n) is 8.22. The van der Waals surface area contributed by atoms with E-state index in [-0.39, 0.29) is 18.7 Å². The van der Waals surface area contributed by atoms with Crippen molar-refractivity contribution in [3.8, 4) is 11.5 Å². The van der Waals surface area contributed by atoms with E-state index in [0.717, 1.165) is 24.0 Å². The third kappa shape index (κ3) is 4.54. The van der Waals surface area contributed by atoms with Gasteiger partial charge in [0.2, 0.25) is 5.91 Å². The molecule has 6 nitrogen and oxygen atoms in total. The minimum Gasteiger partial charge on any atom is -0.493 e. The second kappa shape index (κ2) is 9.12. The lowest BCUT2D eigenvalue weighted by molar-refractivity contribution is -0.116. The van der Waals surface area contributed by atoms with Crippen LogP contribution in [0.1, 0.15) is 17.3 Å². The minimum atomic E-state index is -1.67. The molecule has 0 heterocycles. The molecular weight excluding hydrogens is 377 g/mol. The monoisotopic (exact) mass is 396 g/mol. The Morgan fingerprint density at radius 2 is 1.68 bits per heavy atom. The lowest BCUT2D eigenvalue weighted by Gasteiger charge is -2.22. The number of benzene rings is 2. The number of carbonyl (C=O) groups excluding carboxylic acids is 2. The van der Waals surface area contributed by atoms with Crippen LogP contribution in [0.3, 0.4) is 0 Å². The van der Waals surface area contributed by atoms with Gasteiger partial charge >= 0.3 is 0 Å². The molecule has 1 N–H and O–H groups in total. The standard InChI is InChI=1S/C19H19F3N2O4/c1-11(25)24(14-6-5-13(20)17(21)18(14)22)9-8-23-19(26)12-4-7-15(27-2)16(10-12)28-3/h4-7,10H,8-9H2,1-3H3,(H,23,26). The molecule has 28 heavy (non-hydrogen) atoms. The lowest BCUT2D eigenvalue weighted by atomic mass is 10.2. The third-order valence-corrected chi connectivity index (χ3v) is 3.95. The largest absolute Gasteiger partial charge is 0.493 e. The van der Waals surface area contributed by atoms with E-state index in [9.17, 15) is 22.8 Å². The number of amides is 2. The molecule has 0 fully saturated rings. The van der Waals surface area contributed by atoms with E-state index in [2.05, 4.69) is 5.32 Å². The molecule has 0 atom stereocenters. The number of halogens is 3. The molecule has 0 aliphatic carbocycles. The third-order valence-electron chi connectivity index (χ3n) is 3.95. The van der Waals surface area contributed by atoms with Crippen molar-refractivity contribution in [1.82, 2.24) is 5.32 Å². The van der Waals surface area contributed by atoms with Crippen LogP contribution in [-0.2, 0) is 4.79 Å². The normalized spacial score (nSPS) is 10.4. The summed E-state index contributed by atoms with van der Waals surface area (Å²) in [5.41, 5.74) is -0.127. The minimum absolute atomic E-state index is 0.0504. The molecule has 9 heteroatoms. The second-order valence-corrected chi connectivity index (χ2v) is 5.69. The summed E-state index contributed by atoms with van der Waals surface area (Å²) in [5.74, 6) is -4.73. The van der Waals surface area contributed by atoms with Gasteiger partial charge in [0.05, 0.1) is 19.9 Å². The van der Waals surface area contributed by atoms with E-state index >= 15 is 0 Å². The van der Waals surface area contributed by atoms with Crippen molar-refractivity contribution in [2.24, 2.45) is 0 Å². The summed E-state index contributed by atoms with van der Waals surface area (Å²) in [6, 6.07) is 6.25. The van der Waals surface area contributed by atoms with Crippen molar-refractivity contribution in [3.63, 3.8) is 0 Å². The molecule has 0 aliphatic heterocycles. The van der Waals surface area contributed by atoms with Crippen LogP contribution < -0.4 is 19.7 Å². The van der Waals surface area contributed by atoms with Gasteiger partial charge in [-0.05, 0) is 30.3 Å². The van der Waals surface area contributed by atoms with Crippen LogP contribution in [-0.4, -0.2) is 39.1 Å². The van der Waals surface area contributed by atoms with Crippen LogP contribution >= 0.6 is 0 Å². The molecule has 0 aromatic heterocycles. The Labute approximate surface area is 159 Å². The van der Waals surface area contributed by atoms with E-state index < -0.39 is 35.0 Å². The Morgan fingerprint density at radius 1 is 1.00 bits per heavy atom. The lowest BCUT2D eigenvalue weighted by Crippen LogP contribution is -2.38. The molecule has 0 saturated carbocycles. The highest BCUT2D eigenvalue weighted by Crippen LogP contribution is 2.27. The fourth-order valence-corrected chi connectivity index (χ4v) is 2.53. The molecule has 0 saturated heterocycles. The second-order valence-electron chi connectivity index (χ2n) is 5.69. The zero-order valence-corrected chi connectivity index (χ0v) is 15.5. The van der Waals surface area contributed by atoms with Gasteiger partial charge in [-0.25, -0.2) is 13.2 Å². The maximum atomic E-state index is 14.0. The number of anilines is 1. The average Bonchev–Trinajstić information content (AvgIpc) is 2.69. The molecule has 2 aromatic carbocycles. The van der Waals surface area contributed by atoms with Crippen molar-refractivity contribution < 1.29 is 32.2 Å². The zero-order chi connectivity index (χ0) is 20.8. The fraction of sp³-hybridized carbons (Fsp3) is 0.263. The van der Waals surface area contributed by atoms with E-state index in [1.54, 1.807) is 6.07 Å². The number of rotatable bonds is 7. The summed E-state index contributed by atoms with van der Waals surface area (Å²) < 4.78 is 50.7. The quantitative estimate of drug-likeness (QED) is 0.731. The Bertz CT molecular complexity index is 890. The smallest absolute Gasteiger partial charge is 0.251 e. The van der Waals surface area contributed by atoms with Gasteiger partial charge in [0, 0.05) is 25.6 Å². The van der Waals surface area contributed by atoms with Gasteiger partial charge in [0.25, 0.3) is 5.91 Å². The van der Waals surface area contributed by atoms with Crippen LogP contribution in [0.15, 0.2) is 30.3 Å². The van der Waals surface area contributed by atoms with E-state index in [1.807, 2.05) is 0 Å². The molecule has 0 bridgehead atoms. The van der Waals surface area contributed by atoms with Gasteiger partial charge in [-0.3, -0.25) is 9.59 Å². The first-order valence-corrected chi connectivity index (χ1v) is 8.22. The van der Waals surface area contributed by atoms with Crippen LogP contribution in [0.4, 0.5) is 18.9 Å². The molecule has 150 valence electrons. The number of methoxy groups -OCH3 is 2. The van der Waals surface area contributed by atoms with Crippen LogP contribution in [0, 0.1) is 17.5 Å². The van der Waals surface area contributed by atoms with Crippen LogP contribution in [0.5, 0.6) is 11.5 Å². The predicted octanol–water partition coefficient (Wildman–Crippen LogP) is 2.90. The zero-order valence-electron chi connectivity index (χ0n) is 15.5. The van der Waals surface area contributed by atoms with Gasteiger partial charge < -0.3 is 19.7 Å². The number of nitrogens with zero attached hydrogens (tertiary/aromatic N) is 1. The summed E-state index contributed by atoms with van der Waals surface area (Å²) in [5, 5.41) is 2.57. The molecule has 0 radical (unpaired) electrons. The van der Waals surface area contributed by atoms with Gasteiger partial charge in [0.15, 0.2) is 29.0 Å². The topological polar surface area (TPSA) is 67.9 Å². The van der Waals surface area contributed by atoms with E-state index in [4.69, 9.17) is 9.47 Å². The predicted molar refractivity (Wildman–Crippen MR) is 96.2 cm³/mol. The fourth-order valence-electron chi connectivity index (χ4n) is 2.53. The van der Waals surface area contributed by atoms with E-state index in [0.29, 0.717) is 11.5 Å². The molecule has 2 amide bonds. The van der Waals surface area contributed by atoms with Crippen molar-refractivity contribution in [2.45, 2.75) is 6.92 Å². The van der Waals surface area contributed by atoms with Crippen molar-refractivity contribution >= 4 is 17.5 Å². The molecular formula is C19H19F3N2O4. The number of ether oxygens (including phenoxy) is 2. The maximum absolute atomic E-state index is 14.0. The summed E-state index contributed by atoms with van der Waals surface area (Å²) in [4.78, 5) is 25.0. The van der Waals surface area contributed by atoms with Gasteiger partial charge in [0.1, 0.15) is 0 Å². The Morgan fingerprint density at radius 3 is 2.29 bits per heavy atom. The Balaban J connectivity index is 2.08. The molecule has 2 aromatic rings. The Hall–Kier alpha value is -3.23. The first kappa shape index (κ1) is 21.1. The maximum Gasteiger partial charge on any atom is 0.251 e. The van der Waals surface area contributed by atoms with Gasteiger partial charge in [-0.15, -0.1) is 0 Å². The van der Waals surface area contributed by atoms with Crippen LogP contribution in [0.2, 0.25) is 0 Å². The Kier molecular flexibility index (Phi) is 6.86. The van der Waals surface area contributed by atoms with Crippen molar-refractivity contribution in [2.75, 3.05) is 32.2 Å². The molecule has 0 aliphatic rings.